The van der Waals surface area contributed by atoms with Crippen molar-refractivity contribution in [3.8, 4) is 0 Å². The summed E-state index contributed by atoms with van der Waals surface area (Å²) < 4.78 is 7.09. The Labute approximate surface area is 113 Å². The molecule has 0 radical (unpaired) electrons. The fourth-order valence-electron chi connectivity index (χ4n) is 1.97. The molecule has 0 spiro atoms. The van der Waals surface area contributed by atoms with Crippen LogP contribution in [0.3, 0.4) is 0 Å². The van der Waals surface area contributed by atoms with Crippen molar-refractivity contribution in [1.29, 1.82) is 0 Å². The van der Waals surface area contributed by atoms with Gasteiger partial charge in [-0.1, -0.05) is 6.07 Å². The van der Waals surface area contributed by atoms with E-state index in [9.17, 15) is 0 Å². The Bertz CT molecular complexity index is 483. The molecule has 2 aromatic heterocycles. The van der Waals surface area contributed by atoms with Crippen molar-refractivity contribution >= 4 is 0 Å². The molecule has 102 valence electrons. The Morgan fingerprint density at radius 1 is 1.26 bits per heavy atom. The molecule has 0 saturated heterocycles. The molecule has 0 unspecified atom stereocenters. The Morgan fingerprint density at radius 2 is 2.16 bits per heavy atom. The minimum absolute atomic E-state index is 0.720. The standard InChI is InChI=1S/C14H20N4O/c1-17-14(5-7-16-17)12-18(8-9-19-2)11-13-4-3-6-15-10-13/h3-7,10H,8-9,11-12H2,1-2H3. The van der Waals surface area contributed by atoms with Gasteiger partial charge in [-0.05, 0) is 17.7 Å². The first kappa shape index (κ1) is 13.7. The van der Waals surface area contributed by atoms with Gasteiger partial charge in [-0.3, -0.25) is 14.6 Å². The van der Waals surface area contributed by atoms with Crippen molar-refractivity contribution in [2.45, 2.75) is 13.1 Å². The van der Waals surface area contributed by atoms with E-state index in [1.807, 2.05) is 36.3 Å². The molecule has 0 bridgehead atoms. The molecule has 19 heavy (non-hydrogen) atoms. The van der Waals surface area contributed by atoms with E-state index in [2.05, 4.69) is 21.0 Å². The molecule has 0 aliphatic carbocycles. The van der Waals surface area contributed by atoms with E-state index in [1.54, 1.807) is 13.3 Å². The predicted octanol–water partition coefficient (Wildman–Crippen LogP) is 1.46. The lowest BCUT2D eigenvalue weighted by Crippen LogP contribution is -2.27. The topological polar surface area (TPSA) is 43.2 Å². The highest BCUT2D eigenvalue weighted by atomic mass is 16.5. The van der Waals surface area contributed by atoms with Crippen LogP contribution in [0.5, 0.6) is 0 Å². The number of aromatic nitrogens is 3. The number of ether oxygens (including phenoxy) is 1. The van der Waals surface area contributed by atoms with Gasteiger partial charge in [0.25, 0.3) is 0 Å². The van der Waals surface area contributed by atoms with Gasteiger partial charge in [-0.15, -0.1) is 0 Å². The normalized spacial score (nSPS) is 11.1. The quantitative estimate of drug-likeness (QED) is 0.756. The van der Waals surface area contributed by atoms with Crippen LogP contribution in [-0.4, -0.2) is 39.9 Å². The molecule has 2 heterocycles. The second kappa shape index (κ2) is 7.01. The SMILES string of the molecule is COCCN(Cc1cccnc1)Cc1ccnn1C. The molecule has 5 nitrogen and oxygen atoms in total. The lowest BCUT2D eigenvalue weighted by atomic mass is 10.2. The van der Waals surface area contributed by atoms with Crippen molar-refractivity contribution in [2.24, 2.45) is 7.05 Å². The molecule has 0 fully saturated rings. The van der Waals surface area contributed by atoms with Crippen LogP contribution in [0.2, 0.25) is 0 Å². The maximum atomic E-state index is 5.18. The lowest BCUT2D eigenvalue weighted by molar-refractivity contribution is 0.138. The Kier molecular flexibility index (Phi) is 5.06. The minimum atomic E-state index is 0.720. The highest BCUT2D eigenvalue weighted by Gasteiger charge is 2.09. The van der Waals surface area contributed by atoms with Gasteiger partial charge >= 0.3 is 0 Å². The van der Waals surface area contributed by atoms with Gasteiger partial charge in [-0.2, -0.15) is 5.10 Å². The van der Waals surface area contributed by atoms with Gasteiger partial charge in [0.15, 0.2) is 0 Å². The zero-order valence-electron chi connectivity index (χ0n) is 11.5. The summed E-state index contributed by atoms with van der Waals surface area (Å²) in [5.41, 5.74) is 2.40. The van der Waals surface area contributed by atoms with Crippen LogP contribution in [0.15, 0.2) is 36.8 Å². The van der Waals surface area contributed by atoms with E-state index < -0.39 is 0 Å². The van der Waals surface area contributed by atoms with Crippen molar-refractivity contribution in [3.05, 3.63) is 48.0 Å². The number of methoxy groups -OCH3 is 1. The number of aryl methyl sites for hydroxylation is 1. The Balaban J connectivity index is 2.01. The summed E-state index contributed by atoms with van der Waals surface area (Å²) in [6, 6.07) is 6.10. The van der Waals surface area contributed by atoms with E-state index >= 15 is 0 Å². The molecule has 0 aromatic carbocycles. The van der Waals surface area contributed by atoms with E-state index in [0.717, 1.165) is 26.2 Å². The molecule has 0 atom stereocenters. The van der Waals surface area contributed by atoms with Crippen LogP contribution in [0, 0.1) is 0 Å². The van der Waals surface area contributed by atoms with Crippen molar-refractivity contribution < 1.29 is 4.74 Å². The van der Waals surface area contributed by atoms with Crippen LogP contribution in [-0.2, 0) is 24.9 Å². The van der Waals surface area contributed by atoms with E-state index in [-0.39, 0.29) is 0 Å². The van der Waals surface area contributed by atoms with Gasteiger partial charge in [0, 0.05) is 52.4 Å². The molecule has 5 heteroatoms. The molecule has 0 aliphatic heterocycles. The maximum absolute atomic E-state index is 5.18. The maximum Gasteiger partial charge on any atom is 0.0589 e. The predicted molar refractivity (Wildman–Crippen MR) is 73.4 cm³/mol. The third-order valence-corrected chi connectivity index (χ3v) is 3.05. The molecule has 0 amide bonds. The second-order valence-electron chi connectivity index (χ2n) is 4.51. The summed E-state index contributed by atoms with van der Waals surface area (Å²) in [5.74, 6) is 0. The zero-order chi connectivity index (χ0) is 13.5. The van der Waals surface area contributed by atoms with Crippen molar-refractivity contribution in [3.63, 3.8) is 0 Å². The highest BCUT2D eigenvalue weighted by Crippen LogP contribution is 2.08. The van der Waals surface area contributed by atoms with Gasteiger partial charge in [0.05, 0.1) is 12.3 Å². The largest absolute Gasteiger partial charge is 0.383 e. The molecule has 0 saturated carbocycles. The zero-order valence-corrected chi connectivity index (χ0v) is 11.5. The Morgan fingerprint density at radius 3 is 2.79 bits per heavy atom. The minimum Gasteiger partial charge on any atom is -0.383 e. The summed E-state index contributed by atoms with van der Waals surface area (Å²) in [7, 11) is 3.69. The van der Waals surface area contributed by atoms with Crippen LogP contribution < -0.4 is 0 Å². The van der Waals surface area contributed by atoms with E-state index in [4.69, 9.17) is 4.74 Å². The number of hydrogen-bond donors (Lipinski definition) is 0. The number of pyridine rings is 1. The molecule has 2 rings (SSSR count). The van der Waals surface area contributed by atoms with E-state index in [1.165, 1.54) is 11.3 Å². The van der Waals surface area contributed by atoms with Gasteiger partial charge in [0.1, 0.15) is 0 Å². The summed E-state index contributed by atoms with van der Waals surface area (Å²) in [5, 5.41) is 4.20. The number of hydrogen-bond acceptors (Lipinski definition) is 4. The Hall–Kier alpha value is -1.72. The number of nitrogens with zero attached hydrogens (tertiary/aromatic N) is 4. The third kappa shape index (κ3) is 4.15. The fraction of sp³-hybridized carbons (Fsp3) is 0.429. The summed E-state index contributed by atoms with van der Waals surface area (Å²) in [6.45, 7) is 3.33. The van der Waals surface area contributed by atoms with Crippen molar-refractivity contribution in [2.75, 3.05) is 20.3 Å². The van der Waals surface area contributed by atoms with Gasteiger partial charge in [-0.25, -0.2) is 0 Å². The van der Waals surface area contributed by atoms with Crippen LogP contribution in [0.25, 0.3) is 0 Å². The average molecular weight is 260 g/mol. The van der Waals surface area contributed by atoms with Crippen LogP contribution in [0.4, 0.5) is 0 Å². The third-order valence-electron chi connectivity index (χ3n) is 3.05. The first-order valence-corrected chi connectivity index (χ1v) is 6.36. The second-order valence-corrected chi connectivity index (χ2v) is 4.51. The monoisotopic (exact) mass is 260 g/mol. The molecular formula is C14H20N4O. The first-order chi connectivity index (χ1) is 9.29. The molecule has 2 aromatic rings. The summed E-state index contributed by atoms with van der Waals surface area (Å²) >= 11 is 0. The summed E-state index contributed by atoms with van der Waals surface area (Å²) in [4.78, 5) is 6.49. The summed E-state index contributed by atoms with van der Waals surface area (Å²) in [6.07, 6.45) is 5.53. The molecular weight excluding hydrogens is 240 g/mol. The number of rotatable bonds is 7. The van der Waals surface area contributed by atoms with Crippen LogP contribution in [0.1, 0.15) is 11.3 Å². The molecule has 0 N–H and O–H groups in total. The lowest BCUT2D eigenvalue weighted by Gasteiger charge is -2.21. The highest BCUT2D eigenvalue weighted by molar-refractivity contribution is 5.09. The average Bonchev–Trinajstić information content (AvgIpc) is 2.83. The first-order valence-electron chi connectivity index (χ1n) is 6.36. The fourth-order valence-corrected chi connectivity index (χ4v) is 1.97. The van der Waals surface area contributed by atoms with E-state index in [0.29, 0.717) is 0 Å². The van der Waals surface area contributed by atoms with Crippen molar-refractivity contribution in [1.82, 2.24) is 19.7 Å². The van der Waals surface area contributed by atoms with Gasteiger partial charge < -0.3 is 4.74 Å². The molecule has 0 aliphatic rings. The smallest absolute Gasteiger partial charge is 0.0589 e. The van der Waals surface area contributed by atoms with Gasteiger partial charge in [0.2, 0.25) is 0 Å². The van der Waals surface area contributed by atoms with Crippen LogP contribution >= 0.6 is 0 Å².